The summed E-state index contributed by atoms with van der Waals surface area (Å²) in [5.41, 5.74) is 0. The van der Waals surface area contributed by atoms with Gasteiger partial charge in [0, 0.05) is 0 Å². The molecule has 18 heavy (non-hydrogen) atoms. The van der Waals surface area contributed by atoms with E-state index in [-0.39, 0.29) is 0 Å². The zero-order chi connectivity index (χ0) is 14.1. The third kappa shape index (κ3) is 4.58. The minimum atomic E-state index is -1.14. The summed E-state index contributed by atoms with van der Waals surface area (Å²) < 4.78 is 1.08. The van der Waals surface area contributed by atoms with Gasteiger partial charge in [0.25, 0.3) is 0 Å². The van der Waals surface area contributed by atoms with E-state index in [0.29, 0.717) is 0 Å². The maximum atomic E-state index is 3.95. The third-order valence-corrected chi connectivity index (χ3v) is 10.3. The first-order chi connectivity index (χ1) is 8.57. The molecule has 0 fully saturated rings. The Morgan fingerprint density at radius 1 is 0.778 bits per heavy atom. The second-order valence-corrected chi connectivity index (χ2v) is 10.9. The van der Waals surface area contributed by atoms with Gasteiger partial charge in [-0.25, -0.2) is 0 Å². The highest BCUT2D eigenvalue weighted by Gasteiger charge is 2.37. The van der Waals surface area contributed by atoms with E-state index >= 15 is 0 Å². The molecule has 0 bridgehead atoms. The topological polar surface area (TPSA) is 0 Å². The molecule has 0 heterocycles. The van der Waals surface area contributed by atoms with E-state index in [0.717, 1.165) is 24.1 Å². The monoisotopic (exact) mass is 266 g/mol. The van der Waals surface area contributed by atoms with Crippen molar-refractivity contribution < 1.29 is 4.48 Å². The number of quaternary nitrogens is 1. The molecule has 0 aliphatic rings. The van der Waals surface area contributed by atoms with E-state index in [1.165, 1.54) is 24.3 Å². The van der Waals surface area contributed by atoms with Crippen LogP contribution in [0.25, 0.3) is 0 Å². The highest BCUT2D eigenvalue weighted by atomic mass is 28.3. The Labute approximate surface area is 115 Å². The maximum absolute atomic E-state index is 3.95. The number of rotatable bonds is 11. The van der Waals surface area contributed by atoms with Crippen molar-refractivity contribution >= 4 is 8.07 Å². The zero-order valence-electron chi connectivity index (χ0n) is 12.8. The Morgan fingerprint density at radius 3 is 1.33 bits per heavy atom. The molecule has 104 valence electrons. The number of hydrogen-bond donors (Lipinski definition) is 0. The molecule has 0 unspecified atom stereocenters. The lowest BCUT2D eigenvalue weighted by Gasteiger charge is -2.43. The first kappa shape index (κ1) is 17.4. The van der Waals surface area contributed by atoms with Crippen LogP contribution in [0, 0.1) is 0 Å². The molecule has 0 rings (SSSR count). The summed E-state index contributed by atoms with van der Waals surface area (Å²) in [6.45, 7) is 22.1. The van der Waals surface area contributed by atoms with Crippen LogP contribution < -0.4 is 0 Å². The van der Waals surface area contributed by atoms with Crippen LogP contribution in [-0.2, 0) is 0 Å². The average Bonchev–Trinajstić information content (AvgIpc) is 2.37. The maximum Gasteiger partial charge on any atom is 0.119 e. The fourth-order valence-corrected chi connectivity index (χ4v) is 7.02. The predicted molar refractivity (Wildman–Crippen MR) is 87.5 cm³/mol. The van der Waals surface area contributed by atoms with Gasteiger partial charge in [-0.15, -0.1) is 0 Å². The molecule has 0 atom stereocenters. The summed E-state index contributed by atoms with van der Waals surface area (Å²) in [5, 5.41) is 0. The normalized spacial score (nSPS) is 12.2. The summed E-state index contributed by atoms with van der Waals surface area (Å²) in [6.07, 6.45) is 7.52. The van der Waals surface area contributed by atoms with Gasteiger partial charge in [-0.3, -0.25) is 0 Å². The summed E-state index contributed by atoms with van der Waals surface area (Å²) in [4.78, 5) is 0. The zero-order valence-corrected chi connectivity index (χ0v) is 13.8. The summed E-state index contributed by atoms with van der Waals surface area (Å²) in [6, 6.07) is 4.14. The lowest BCUT2D eigenvalue weighted by molar-refractivity contribution is -0.902. The lowest BCUT2D eigenvalue weighted by atomic mass is 10.3. The molecule has 0 N–H and O–H groups in total. The molecule has 0 amide bonds. The minimum Gasteiger partial charge on any atom is -0.317 e. The first-order valence-corrected chi connectivity index (χ1v) is 10.1. The van der Waals surface area contributed by atoms with Gasteiger partial charge in [-0.05, 0) is 18.2 Å². The molecule has 0 aromatic carbocycles. The van der Waals surface area contributed by atoms with E-state index < -0.39 is 8.07 Å². The summed E-state index contributed by atoms with van der Waals surface area (Å²) >= 11 is 0. The Hall–Kier alpha value is -0.603. The van der Waals surface area contributed by atoms with Crippen LogP contribution in [0.4, 0.5) is 0 Å². The number of hydrogen-bond acceptors (Lipinski definition) is 0. The molecule has 0 spiro atoms. The van der Waals surface area contributed by atoms with Crippen LogP contribution in [0.15, 0.2) is 38.0 Å². The molecule has 0 saturated heterocycles. The lowest BCUT2D eigenvalue weighted by Crippen LogP contribution is -2.58. The predicted octanol–water partition coefficient (Wildman–Crippen LogP) is 4.41. The van der Waals surface area contributed by atoms with Gasteiger partial charge in [0.1, 0.15) is 8.07 Å². The van der Waals surface area contributed by atoms with E-state index in [2.05, 4.69) is 58.7 Å². The standard InChI is InChI=1S/C16H32NSi/c1-7-13-17(14-8-2,15-9-3)16-18(10-4,11-5)12-6/h7-9H,1-3,10-16H2,4-6H3/q+1. The van der Waals surface area contributed by atoms with Crippen LogP contribution >= 0.6 is 0 Å². The first-order valence-electron chi connectivity index (χ1n) is 7.25. The fraction of sp³-hybridized carbons (Fsp3) is 0.625. The van der Waals surface area contributed by atoms with Crippen molar-refractivity contribution in [2.75, 3.05) is 25.8 Å². The molecule has 0 aliphatic carbocycles. The Balaban J connectivity index is 5.20. The van der Waals surface area contributed by atoms with Crippen LogP contribution in [0.3, 0.4) is 0 Å². The molecular formula is C16H32NSi+. The number of nitrogens with zero attached hydrogens (tertiary/aromatic N) is 1. The molecule has 1 nitrogen and oxygen atoms in total. The van der Waals surface area contributed by atoms with Crippen LogP contribution in [0.5, 0.6) is 0 Å². The van der Waals surface area contributed by atoms with Gasteiger partial charge >= 0.3 is 0 Å². The highest BCUT2D eigenvalue weighted by molar-refractivity contribution is 6.79. The second-order valence-electron chi connectivity index (χ2n) is 5.47. The second kappa shape index (κ2) is 8.49. The van der Waals surface area contributed by atoms with Crippen molar-refractivity contribution in [1.29, 1.82) is 0 Å². The Kier molecular flexibility index (Phi) is 8.21. The van der Waals surface area contributed by atoms with Crippen molar-refractivity contribution in [1.82, 2.24) is 0 Å². The average molecular weight is 267 g/mol. The van der Waals surface area contributed by atoms with Gasteiger partial charge in [-0.1, -0.05) is 58.6 Å². The molecule has 0 aliphatic heterocycles. The molecule has 0 saturated carbocycles. The van der Waals surface area contributed by atoms with Crippen molar-refractivity contribution in [2.45, 2.75) is 38.9 Å². The quantitative estimate of drug-likeness (QED) is 0.295. The van der Waals surface area contributed by atoms with Gasteiger partial charge in [-0.2, -0.15) is 0 Å². The third-order valence-electron chi connectivity index (χ3n) is 4.47. The molecule has 0 aromatic rings. The molecule has 0 radical (unpaired) electrons. The molecular weight excluding hydrogens is 234 g/mol. The van der Waals surface area contributed by atoms with E-state index in [1.807, 2.05) is 0 Å². The summed E-state index contributed by atoms with van der Waals surface area (Å²) in [5.74, 6) is 0. The van der Waals surface area contributed by atoms with Crippen LogP contribution in [0.2, 0.25) is 18.1 Å². The Morgan fingerprint density at radius 2 is 1.11 bits per heavy atom. The smallest absolute Gasteiger partial charge is 0.119 e. The summed E-state index contributed by atoms with van der Waals surface area (Å²) in [7, 11) is -1.14. The van der Waals surface area contributed by atoms with Crippen molar-refractivity contribution in [3.8, 4) is 0 Å². The van der Waals surface area contributed by atoms with Gasteiger partial charge in [0.2, 0.25) is 0 Å². The SMILES string of the molecule is C=CC[N+](CC=C)(CC=C)C[Si](CC)(CC)CC. The van der Waals surface area contributed by atoms with Crippen molar-refractivity contribution in [3.63, 3.8) is 0 Å². The van der Waals surface area contributed by atoms with E-state index in [1.54, 1.807) is 0 Å². The van der Waals surface area contributed by atoms with Gasteiger partial charge < -0.3 is 4.48 Å². The largest absolute Gasteiger partial charge is 0.317 e. The van der Waals surface area contributed by atoms with Crippen molar-refractivity contribution in [3.05, 3.63) is 38.0 Å². The minimum absolute atomic E-state index is 1.03. The van der Waals surface area contributed by atoms with Crippen LogP contribution in [0.1, 0.15) is 20.8 Å². The van der Waals surface area contributed by atoms with Crippen LogP contribution in [-0.4, -0.2) is 38.4 Å². The van der Waals surface area contributed by atoms with E-state index in [9.17, 15) is 0 Å². The Bertz CT molecular complexity index is 231. The molecule has 2 heteroatoms. The van der Waals surface area contributed by atoms with Gasteiger partial charge in [0.15, 0.2) is 0 Å². The highest BCUT2D eigenvalue weighted by Crippen LogP contribution is 2.25. The van der Waals surface area contributed by atoms with Crippen molar-refractivity contribution in [2.24, 2.45) is 0 Å². The van der Waals surface area contributed by atoms with Gasteiger partial charge in [0.05, 0.1) is 25.8 Å². The molecule has 0 aromatic heterocycles. The fourth-order valence-electron chi connectivity index (χ4n) is 3.04. The van der Waals surface area contributed by atoms with E-state index in [4.69, 9.17) is 0 Å².